The first-order valence-corrected chi connectivity index (χ1v) is 9.17. The van der Waals surface area contributed by atoms with Crippen molar-refractivity contribution in [1.29, 1.82) is 0 Å². The molecule has 2 aliphatic heterocycles. The van der Waals surface area contributed by atoms with Gasteiger partial charge in [-0.3, -0.25) is 9.59 Å². The summed E-state index contributed by atoms with van der Waals surface area (Å²) >= 11 is 6.26. The summed E-state index contributed by atoms with van der Waals surface area (Å²) in [5, 5.41) is 2.61. The molecule has 4 rings (SSSR count). The molecule has 1 saturated carbocycles. The molecule has 7 heteroatoms. The van der Waals surface area contributed by atoms with Gasteiger partial charge in [0.1, 0.15) is 10.1 Å². The van der Waals surface area contributed by atoms with Crippen LogP contribution in [0.15, 0.2) is 23.1 Å². The van der Waals surface area contributed by atoms with Crippen LogP contribution in [0, 0.1) is 5.92 Å². The number of hydrogen-bond acceptors (Lipinski definition) is 5. The number of hydrogen-bond donors (Lipinski definition) is 1. The number of carbonyl (C=O) groups excluding carboxylic acids is 2. The fourth-order valence-electron chi connectivity index (χ4n) is 2.83. The normalized spacial score (nSPS) is 22.0. The second-order valence-electron chi connectivity index (χ2n) is 6.05. The maximum Gasteiger partial charge on any atom is 0.263 e. The van der Waals surface area contributed by atoms with E-state index in [9.17, 15) is 9.59 Å². The SMILES string of the molecule is O=C1NC(=S)SC1=Cc1ccc2c(c1)N(C(=O)C1CC1)CCCO2. The van der Waals surface area contributed by atoms with E-state index in [2.05, 4.69) is 5.32 Å². The molecule has 5 nitrogen and oxygen atoms in total. The summed E-state index contributed by atoms with van der Waals surface area (Å²) in [7, 11) is 0. The van der Waals surface area contributed by atoms with Gasteiger partial charge in [0.2, 0.25) is 5.91 Å². The van der Waals surface area contributed by atoms with E-state index in [1.165, 1.54) is 11.8 Å². The first-order valence-electron chi connectivity index (χ1n) is 7.95. The van der Waals surface area contributed by atoms with Crippen molar-refractivity contribution in [2.75, 3.05) is 18.1 Å². The van der Waals surface area contributed by atoms with Gasteiger partial charge < -0.3 is 15.0 Å². The van der Waals surface area contributed by atoms with Crippen LogP contribution < -0.4 is 15.0 Å². The van der Waals surface area contributed by atoms with Gasteiger partial charge in [-0.2, -0.15) is 0 Å². The van der Waals surface area contributed by atoms with E-state index in [4.69, 9.17) is 17.0 Å². The molecule has 24 heavy (non-hydrogen) atoms. The van der Waals surface area contributed by atoms with Crippen LogP contribution >= 0.6 is 24.0 Å². The Morgan fingerprint density at radius 3 is 2.96 bits per heavy atom. The highest BCUT2D eigenvalue weighted by molar-refractivity contribution is 8.26. The molecule has 0 bridgehead atoms. The number of rotatable bonds is 2. The number of thiocarbonyl (C=S) groups is 1. The van der Waals surface area contributed by atoms with Gasteiger partial charge in [-0.15, -0.1) is 0 Å². The zero-order valence-corrected chi connectivity index (χ0v) is 14.5. The number of benzene rings is 1. The maximum atomic E-state index is 12.6. The van der Waals surface area contributed by atoms with Crippen LogP contribution in [0.2, 0.25) is 0 Å². The van der Waals surface area contributed by atoms with Gasteiger partial charge in [-0.1, -0.05) is 30.0 Å². The molecule has 1 aromatic carbocycles. The fraction of sp³-hybridized carbons (Fsp3) is 0.353. The summed E-state index contributed by atoms with van der Waals surface area (Å²) in [5.74, 6) is 0.886. The molecule has 2 fully saturated rings. The third-order valence-electron chi connectivity index (χ3n) is 4.19. The number of ether oxygens (including phenoxy) is 1. The summed E-state index contributed by atoms with van der Waals surface area (Å²) in [6.07, 6.45) is 4.56. The number of nitrogens with zero attached hydrogens (tertiary/aromatic N) is 1. The molecule has 3 aliphatic rings. The minimum atomic E-state index is -0.179. The van der Waals surface area contributed by atoms with Gasteiger partial charge in [0, 0.05) is 12.5 Å². The number of amides is 2. The standard InChI is InChI=1S/C17H16N2O3S2/c20-15-14(24-17(23)18-15)9-10-2-5-13-12(8-10)19(6-1-7-22-13)16(21)11-3-4-11/h2,5,8-9,11H,1,3-4,6-7H2,(H,18,20,23). The van der Waals surface area contributed by atoms with E-state index < -0.39 is 0 Å². The summed E-state index contributed by atoms with van der Waals surface area (Å²) in [6, 6.07) is 5.69. The van der Waals surface area contributed by atoms with Gasteiger partial charge >= 0.3 is 0 Å². The lowest BCUT2D eigenvalue weighted by Crippen LogP contribution is -2.32. The molecule has 0 aromatic heterocycles. The van der Waals surface area contributed by atoms with Gasteiger partial charge in [0.05, 0.1) is 17.2 Å². The molecular formula is C17H16N2O3S2. The van der Waals surface area contributed by atoms with Crippen LogP contribution in [-0.2, 0) is 9.59 Å². The number of carbonyl (C=O) groups is 2. The molecule has 2 amide bonds. The van der Waals surface area contributed by atoms with E-state index in [1.807, 2.05) is 23.1 Å². The summed E-state index contributed by atoms with van der Waals surface area (Å²) in [5.41, 5.74) is 1.65. The number of anilines is 1. The monoisotopic (exact) mass is 360 g/mol. The van der Waals surface area contributed by atoms with Crippen LogP contribution in [0.25, 0.3) is 6.08 Å². The van der Waals surface area contributed by atoms with Gasteiger partial charge in [0.25, 0.3) is 5.91 Å². The first kappa shape index (κ1) is 15.7. The Bertz CT molecular complexity index is 771. The zero-order chi connectivity index (χ0) is 16.7. The minimum absolute atomic E-state index is 0.159. The molecular weight excluding hydrogens is 344 g/mol. The molecule has 2 heterocycles. The maximum absolute atomic E-state index is 12.6. The van der Waals surface area contributed by atoms with E-state index >= 15 is 0 Å². The third kappa shape index (κ3) is 3.06. The van der Waals surface area contributed by atoms with Crippen molar-refractivity contribution in [1.82, 2.24) is 5.32 Å². The van der Waals surface area contributed by atoms with Crippen LogP contribution in [0.5, 0.6) is 5.75 Å². The second kappa shape index (κ2) is 6.22. The highest BCUT2D eigenvalue weighted by atomic mass is 32.2. The second-order valence-corrected chi connectivity index (χ2v) is 7.76. The Kier molecular flexibility index (Phi) is 4.05. The number of fused-ring (bicyclic) bond motifs is 1. The predicted octanol–water partition coefficient (Wildman–Crippen LogP) is 2.70. The Labute approximate surface area is 149 Å². The average Bonchev–Trinajstić information content (AvgIpc) is 3.36. The molecule has 1 N–H and O–H groups in total. The molecule has 0 spiro atoms. The smallest absolute Gasteiger partial charge is 0.263 e. The Balaban J connectivity index is 1.69. The number of nitrogens with one attached hydrogen (secondary N) is 1. The van der Waals surface area contributed by atoms with Crippen molar-refractivity contribution >= 4 is 51.9 Å². The lowest BCUT2D eigenvalue weighted by Gasteiger charge is -2.22. The predicted molar refractivity (Wildman–Crippen MR) is 97.9 cm³/mol. The van der Waals surface area contributed by atoms with E-state index in [0.717, 1.165) is 36.3 Å². The highest BCUT2D eigenvalue weighted by Gasteiger charge is 2.35. The van der Waals surface area contributed by atoms with E-state index in [1.54, 1.807) is 6.08 Å². The van der Waals surface area contributed by atoms with Crippen molar-refractivity contribution in [3.05, 3.63) is 28.7 Å². The van der Waals surface area contributed by atoms with Crippen molar-refractivity contribution in [3.8, 4) is 5.75 Å². The van der Waals surface area contributed by atoms with Crippen molar-refractivity contribution in [2.45, 2.75) is 19.3 Å². The minimum Gasteiger partial charge on any atom is -0.491 e. The molecule has 0 unspecified atom stereocenters. The lowest BCUT2D eigenvalue weighted by molar-refractivity contribution is -0.119. The summed E-state index contributed by atoms with van der Waals surface area (Å²) in [6.45, 7) is 1.27. The third-order valence-corrected chi connectivity index (χ3v) is 5.35. The van der Waals surface area contributed by atoms with Crippen molar-refractivity contribution < 1.29 is 14.3 Å². The van der Waals surface area contributed by atoms with Crippen molar-refractivity contribution in [3.63, 3.8) is 0 Å². The van der Waals surface area contributed by atoms with Gasteiger partial charge in [-0.05, 0) is 43.0 Å². The van der Waals surface area contributed by atoms with Gasteiger partial charge in [0.15, 0.2) is 0 Å². The Hall–Kier alpha value is -1.86. The highest BCUT2D eigenvalue weighted by Crippen LogP contribution is 2.38. The quantitative estimate of drug-likeness (QED) is 0.649. The number of thioether (sulfide) groups is 1. The lowest BCUT2D eigenvalue weighted by atomic mass is 10.1. The molecule has 0 radical (unpaired) electrons. The van der Waals surface area contributed by atoms with E-state index in [0.29, 0.717) is 22.4 Å². The van der Waals surface area contributed by atoms with Crippen molar-refractivity contribution in [2.24, 2.45) is 5.92 Å². The van der Waals surface area contributed by atoms with Gasteiger partial charge in [-0.25, -0.2) is 0 Å². The summed E-state index contributed by atoms with van der Waals surface area (Å²) in [4.78, 5) is 26.8. The first-order chi connectivity index (χ1) is 11.6. The van der Waals surface area contributed by atoms with Crippen LogP contribution in [0.4, 0.5) is 5.69 Å². The van der Waals surface area contributed by atoms with Crippen LogP contribution in [-0.4, -0.2) is 29.3 Å². The molecule has 1 aromatic rings. The largest absolute Gasteiger partial charge is 0.491 e. The Morgan fingerprint density at radius 2 is 2.25 bits per heavy atom. The molecule has 1 saturated heterocycles. The Morgan fingerprint density at radius 1 is 1.42 bits per heavy atom. The fourth-order valence-corrected chi connectivity index (χ4v) is 3.88. The zero-order valence-electron chi connectivity index (χ0n) is 12.9. The van der Waals surface area contributed by atoms with E-state index in [-0.39, 0.29) is 17.7 Å². The van der Waals surface area contributed by atoms with Crippen LogP contribution in [0.3, 0.4) is 0 Å². The topological polar surface area (TPSA) is 58.6 Å². The summed E-state index contributed by atoms with van der Waals surface area (Å²) < 4.78 is 6.24. The molecule has 0 atom stereocenters. The molecule has 1 aliphatic carbocycles. The van der Waals surface area contributed by atoms with Crippen LogP contribution in [0.1, 0.15) is 24.8 Å². The molecule has 124 valence electrons. The average molecular weight is 360 g/mol.